The second-order valence-electron chi connectivity index (χ2n) is 6.24. The van der Waals surface area contributed by atoms with Crippen molar-refractivity contribution in [3.8, 4) is 0 Å². The maximum Gasteiger partial charge on any atom is 0.193 e. The Morgan fingerprint density at radius 3 is 2.85 bits per heavy atom. The number of nitrogens with one attached hydrogen (secondary N) is 1. The highest BCUT2D eigenvalue weighted by Gasteiger charge is 2.48. The highest BCUT2D eigenvalue weighted by molar-refractivity contribution is 5.79. The fourth-order valence-corrected chi connectivity index (χ4v) is 3.33. The van der Waals surface area contributed by atoms with Crippen molar-refractivity contribution in [2.45, 2.75) is 38.6 Å². The zero-order valence-corrected chi connectivity index (χ0v) is 12.4. The molecule has 0 spiro atoms. The minimum absolute atomic E-state index is 0.560. The molecule has 1 heterocycles. The Morgan fingerprint density at radius 2 is 2.35 bits per heavy atom. The minimum Gasteiger partial charge on any atom is -0.364 e. The quantitative estimate of drug-likeness (QED) is 0.662. The van der Waals surface area contributed by atoms with Crippen LogP contribution >= 0.6 is 0 Å². The zero-order chi connectivity index (χ0) is 14.0. The SMILES string of the molecule is CN=C(NCC1(C2CC2)CCC1)N(C)Cc1ccon1. The van der Waals surface area contributed by atoms with E-state index in [4.69, 9.17) is 4.52 Å². The number of nitrogens with zero attached hydrogens (tertiary/aromatic N) is 3. The standard InChI is InChI=1S/C15H24N4O/c1-16-14(19(2)10-13-6-9-20-18-13)17-11-15(7-3-8-15)12-4-5-12/h6,9,12H,3-5,7-8,10-11H2,1-2H3,(H,16,17). The van der Waals surface area contributed by atoms with Crippen LogP contribution in [0.25, 0.3) is 0 Å². The Bertz CT molecular complexity index is 460. The largest absolute Gasteiger partial charge is 0.364 e. The summed E-state index contributed by atoms with van der Waals surface area (Å²) in [6.07, 6.45) is 8.62. The number of hydrogen-bond donors (Lipinski definition) is 1. The molecule has 2 fully saturated rings. The number of aromatic nitrogens is 1. The second kappa shape index (κ2) is 5.46. The fourth-order valence-electron chi connectivity index (χ4n) is 3.33. The molecule has 5 heteroatoms. The Labute approximate surface area is 120 Å². The van der Waals surface area contributed by atoms with E-state index in [1.54, 1.807) is 6.26 Å². The maximum atomic E-state index is 4.87. The Morgan fingerprint density at radius 1 is 1.55 bits per heavy atom. The molecule has 0 unspecified atom stereocenters. The molecule has 3 rings (SSSR count). The van der Waals surface area contributed by atoms with E-state index in [1.807, 2.05) is 20.2 Å². The first-order valence-corrected chi connectivity index (χ1v) is 7.54. The van der Waals surface area contributed by atoms with Crippen molar-refractivity contribution in [2.75, 3.05) is 20.6 Å². The van der Waals surface area contributed by atoms with E-state index in [9.17, 15) is 0 Å². The highest BCUT2D eigenvalue weighted by atomic mass is 16.5. The number of hydrogen-bond acceptors (Lipinski definition) is 3. The van der Waals surface area contributed by atoms with Gasteiger partial charge in [0.05, 0.1) is 6.54 Å². The number of aliphatic imine (C=N–C) groups is 1. The number of guanidine groups is 1. The van der Waals surface area contributed by atoms with Gasteiger partial charge in [-0.2, -0.15) is 0 Å². The van der Waals surface area contributed by atoms with Crippen LogP contribution < -0.4 is 5.32 Å². The summed E-state index contributed by atoms with van der Waals surface area (Å²) in [7, 11) is 3.88. The third-order valence-corrected chi connectivity index (χ3v) is 4.86. The minimum atomic E-state index is 0.560. The molecule has 1 N–H and O–H groups in total. The van der Waals surface area contributed by atoms with Gasteiger partial charge in [-0.1, -0.05) is 11.6 Å². The van der Waals surface area contributed by atoms with Crippen LogP contribution in [0.4, 0.5) is 0 Å². The van der Waals surface area contributed by atoms with Crippen molar-refractivity contribution < 1.29 is 4.52 Å². The molecule has 110 valence electrons. The summed E-state index contributed by atoms with van der Waals surface area (Å²) in [6, 6.07) is 1.89. The first-order chi connectivity index (χ1) is 9.73. The van der Waals surface area contributed by atoms with Gasteiger partial charge in [-0.3, -0.25) is 4.99 Å². The van der Waals surface area contributed by atoms with Crippen LogP contribution in [0.1, 0.15) is 37.8 Å². The normalized spacial score (nSPS) is 21.4. The van der Waals surface area contributed by atoms with Gasteiger partial charge in [0.2, 0.25) is 0 Å². The molecule has 0 amide bonds. The zero-order valence-electron chi connectivity index (χ0n) is 12.4. The van der Waals surface area contributed by atoms with Gasteiger partial charge in [-0.15, -0.1) is 0 Å². The monoisotopic (exact) mass is 276 g/mol. The summed E-state index contributed by atoms with van der Waals surface area (Å²) in [5.41, 5.74) is 1.49. The molecule has 2 aliphatic rings. The van der Waals surface area contributed by atoms with Crippen LogP contribution in [0.2, 0.25) is 0 Å². The van der Waals surface area contributed by atoms with E-state index >= 15 is 0 Å². The van der Waals surface area contributed by atoms with Gasteiger partial charge in [0.1, 0.15) is 12.0 Å². The van der Waals surface area contributed by atoms with Gasteiger partial charge in [0, 0.05) is 26.7 Å². The highest BCUT2D eigenvalue weighted by Crippen LogP contribution is 2.56. The predicted octanol–water partition coefficient (Wildman–Crippen LogP) is 2.26. The molecule has 0 saturated heterocycles. The Kier molecular flexibility index (Phi) is 3.68. The Balaban J connectivity index is 1.54. The van der Waals surface area contributed by atoms with Crippen molar-refractivity contribution in [1.82, 2.24) is 15.4 Å². The molecule has 0 radical (unpaired) electrons. The Hall–Kier alpha value is -1.52. The van der Waals surface area contributed by atoms with Gasteiger partial charge in [0.15, 0.2) is 5.96 Å². The third-order valence-electron chi connectivity index (χ3n) is 4.86. The van der Waals surface area contributed by atoms with Gasteiger partial charge in [0.25, 0.3) is 0 Å². The topological polar surface area (TPSA) is 53.7 Å². The average molecular weight is 276 g/mol. The lowest BCUT2D eigenvalue weighted by Gasteiger charge is -2.43. The lowest BCUT2D eigenvalue weighted by Crippen LogP contribution is -2.47. The van der Waals surface area contributed by atoms with Gasteiger partial charge in [-0.25, -0.2) is 0 Å². The van der Waals surface area contributed by atoms with E-state index in [2.05, 4.69) is 20.4 Å². The van der Waals surface area contributed by atoms with Gasteiger partial charge in [-0.05, 0) is 37.0 Å². The summed E-state index contributed by atoms with van der Waals surface area (Å²) in [5.74, 6) is 1.91. The maximum absolute atomic E-state index is 4.87. The summed E-state index contributed by atoms with van der Waals surface area (Å²) < 4.78 is 4.87. The summed E-state index contributed by atoms with van der Waals surface area (Å²) >= 11 is 0. The van der Waals surface area contributed by atoms with E-state index in [1.165, 1.54) is 32.1 Å². The first-order valence-electron chi connectivity index (χ1n) is 7.54. The van der Waals surface area contributed by atoms with E-state index < -0.39 is 0 Å². The van der Waals surface area contributed by atoms with Crippen LogP contribution in [0.15, 0.2) is 21.8 Å². The van der Waals surface area contributed by atoms with Crippen molar-refractivity contribution in [3.63, 3.8) is 0 Å². The molecule has 1 aromatic heterocycles. The summed E-state index contributed by atoms with van der Waals surface area (Å²) in [6.45, 7) is 1.78. The van der Waals surface area contributed by atoms with Crippen LogP contribution in [-0.2, 0) is 6.54 Å². The molecule has 5 nitrogen and oxygen atoms in total. The molecule has 2 saturated carbocycles. The molecular weight excluding hydrogens is 252 g/mol. The summed E-state index contributed by atoms with van der Waals surface area (Å²) in [4.78, 5) is 6.48. The van der Waals surface area contributed by atoms with Crippen molar-refractivity contribution in [2.24, 2.45) is 16.3 Å². The summed E-state index contributed by atoms with van der Waals surface area (Å²) in [5, 5.41) is 7.51. The molecule has 2 aliphatic carbocycles. The lowest BCUT2D eigenvalue weighted by atomic mass is 9.65. The molecule has 0 bridgehead atoms. The van der Waals surface area contributed by atoms with Crippen molar-refractivity contribution in [3.05, 3.63) is 18.0 Å². The van der Waals surface area contributed by atoms with Crippen LogP contribution in [-0.4, -0.2) is 36.7 Å². The van der Waals surface area contributed by atoms with Crippen molar-refractivity contribution in [1.29, 1.82) is 0 Å². The van der Waals surface area contributed by atoms with Gasteiger partial charge < -0.3 is 14.7 Å². The predicted molar refractivity (Wildman–Crippen MR) is 78.3 cm³/mol. The first kappa shape index (κ1) is 13.5. The molecule has 1 aromatic rings. The molecule has 0 aromatic carbocycles. The number of rotatable bonds is 5. The smallest absolute Gasteiger partial charge is 0.193 e. The lowest BCUT2D eigenvalue weighted by molar-refractivity contribution is 0.105. The van der Waals surface area contributed by atoms with E-state index in [0.717, 1.165) is 24.1 Å². The molecule has 0 aliphatic heterocycles. The molecule has 0 atom stereocenters. The average Bonchev–Trinajstić information content (AvgIpc) is 3.11. The van der Waals surface area contributed by atoms with Crippen molar-refractivity contribution >= 4 is 5.96 Å². The van der Waals surface area contributed by atoms with Crippen LogP contribution in [0.5, 0.6) is 0 Å². The second-order valence-corrected chi connectivity index (χ2v) is 6.24. The van der Waals surface area contributed by atoms with Crippen LogP contribution in [0, 0.1) is 11.3 Å². The third kappa shape index (κ3) is 2.67. The van der Waals surface area contributed by atoms with E-state index in [-0.39, 0.29) is 0 Å². The fraction of sp³-hybridized carbons (Fsp3) is 0.733. The van der Waals surface area contributed by atoms with Gasteiger partial charge >= 0.3 is 0 Å². The van der Waals surface area contributed by atoms with E-state index in [0.29, 0.717) is 12.0 Å². The van der Waals surface area contributed by atoms with Crippen LogP contribution in [0.3, 0.4) is 0 Å². The molecule has 20 heavy (non-hydrogen) atoms. The molecular formula is C15H24N4O.